The van der Waals surface area contributed by atoms with Crippen LogP contribution in [0.3, 0.4) is 0 Å². The van der Waals surface area contributed by atoms with Gasteiger partial charge in [0.25, 0.3) is 0 Å². The van der Waals surface area contributed by atoms with Gasteiger partial charge in [-0.3, -0.25) is 4.79 Å². The molecule has 1 aromatic carbocycles. The third-order valence-corrected chi connectivity index (χ3v) is 2.38. The van der Waals surface area contributed by atoms with Crippen molar-refractivity contribution in [2.75, 3.05) is 7.11 Å². The van der Waals surface area contributed by atoms with Crippen LogP contribution in [0, 0.1) is 0 Å². The molecular formula is C12H10O3. The minimum absolute atomic E-state index is 0.0610. The Bertz CT molecular complexity index is 458. The number of carbonyl (C=O) groups is 2. The van der Waals surface area contributed by atoms with E-state index in [2.05, 4.69) is 4.74 Å². The van der Waals surface area contributed by atoms with E-state index in [9.17, 15) is 9.59 Å². The molecule has 0 fully saturated rings. The molecule has 15 heavy (non-hydrogen) atoms. The quantitative estimate of drug-likeness (QED) is 0.646. The average molecular weight is 202 g/mol. The van der Waals surface area contributed by atoms with Gasteiger partial charge < -0.3 is 4.74 Å². The lowest BCUT2D eigenvalue weighted by Crippen LogP contribution is -2.14. The zero-order valence-electron chi connectivity index (χ0n) is 8.32. The number of carbonyl (C=O) groups excluding carboxylic acids is 2. The molecule has 0 amide bonds. The third kappa shape index (κ3) is 1.68. The molecule has 2 rings (SSSR count). The zero-order chi connectivity index (χ0) is 10.8. The maximum absolute atomic E-state index is 11.4. The number of allylic oxidation sites excluding steroid dienone is 1. The van der Waals surface area contributed by atoms with Gasteiger partial charge in [0, 0.05) is 6.42 Å². The SMILES string of the molecule is COC(=O)C1=CC(=O)Cc2ccccc21. The molecule has 0 aliphatic heterocycles. The molecule has 0 aromatic heterocycles. The van der Waals surface area contributed by atoms with Crippen molar-refractivity contribution in [2.24, 2.45) is 0 Å². The summed E-state index contributed by atoms with van der Waals surface area (Å²) in [5, 5.41) is 0. The van der Waals surface area contributed by atoms with Crippen molar-refractivity contribution in [3.05, 3.63) is 41.5 Å². The fourth-order valence-electron chi connectivity index (χ4n) is 1.69. The van der Waals surface area contributed by atoms with Gasteiger partial charge in [-0.1, -0.05) is 24.3 Å². The highest BCUT2D eigenvalue weighted by Crippen LogP contribution is 2.25. The Morgan fingerprint density at radius 2 is 2.07 bits per heavy atom. The molecule has 0 bridgehead atoms. The summed E-state index contributed by atoms with van der Waals surface area (Å²) in [5.74, 6) is -0.524. The lowest BCUT2D eigenvalue weighted by molar-refractivity contribution is -0.134. The Morgan fingerprint density at radius 1 is 1.33 bits per heavy atom. The Hall–Kier alpha value is -1.90. The highest BCUT2D eigenvalue weighted by Gasteiger charge is 2.22. The van der Waals surface area contributed by atoms with Gasteiger partial charge >= 0.3 is 5.97 Å². The number of benzene rings is 1. The molecule has 0 atom stereocenters. The first-order valence-electron chi connectivity index (χ1n) is 4.63. The van der Waals surface area contributed by atoms with E-state index < -0.39 is 5.97 Å². The number of rotatable bonds is 1. The summed E-state index contributed by atoms with van der Waals surface area (Å²) in [6.07, 6.45) is 1.71. The van der Waals surface area contributed by atoms with Crippen LogP contribution >= 0.6 is 0 Å². The molecule has 1 aliphatic carbocycles. The highest BCUT2D eigenvalue weighted by molar-refractivity contribution is 6.23. The summed E-state index contributed by atoms with van der Waals surface area (Å²) < 4.78 is 4.64. The van der Waals surface area contributed by atoms with E-state index in [1.165, 1.54) is 13.2 Å². The van der Waals surface area contributed by atoms with Gasteiger partial charge in [0.15, 0.2) is 5.78 Å². The van der Waals surface area contributed by atoms with Gasteiger partial charge in [-0.05, 0) is 17.2 Å². The number of hydrogen-bond acceptors (Lipinski definition) is 3. The van der Waals surface area contributed by atoms with E-state index in [0.717, 1.165) is 11.1 Å². The summed E-state index contributed by atoms with van der Waals surface area (Å²) >= 11 is 0. The number of esters is 1. The van der Waals surface area contributed by atoms with Crippen LogP contribution in [-0.4, -0.2) is 18.9 Å². The number of methoxy groups -OCH3 is 1. The molecule has 76 valence electrons. The van der Waals surface area contributed by atoms with E-state index in [-0.39, 0.29) is 5.78 Å². The summed E-state index contributed by atoms with van der Waals surface area (Å²) in [6.45, 7) is 0. The normalized spacial score (nSPS) is 14.2. The molecule has 3 heteroatoms. The second-order valence-corrected chi connectivity index (χ2v) is 3.35. The molecule has 0 N–H and O–H groups in total. The van der Waals surface area contributed by atoms with Crippen molar-refractivity contribution in [3.63, 3.8) is 0 Å². The zero-order valence-corrected chi connectivity index (χ0v) is 8.32. The molecule has 0 radical (unpaired) electrons. The predicted octanol–water partition coefficient (Wildman–Crippen LogP) is 1.37. The molecule has 0 saturated carbocycles. The van der Waals surface area contributed by atoms with Crippen LogP contribution in [0.15, 0.2) is 30.3 Å². The largest absolute Gasteiger partial charge is 0.465 e. The first-order valence-corrected chi connectivity index (χ1v) is 4.63. The van der Waals surface area contributed by atoms with E-state index >= 15 is 0 Å². The predicted molar refractivity (Wildman–Crippen MR) is 55.1 cm³/mol. The summed E-state index contributed by atoms with van der Waals surface area (Å²) in [5.41, 5.74) is 2.03. The van der Waals surface area contributed by atoms with Crippen molar-refractivity contribution >= 4 is 17.3 Å². The second-order valence-electron chi connectivity index (χ2n) is 3.35. The van der Waals surface area contributed by atoms with Crippen molar-refractivity contribution < 1.29 is 14.3 Å². The fraction of sp³-hybridized carbons (Fsp3) is 0.167. The lowest BCUT2D eigenvalue weighted by Gasteiger charge is -2.14. The summed E-state index contributed by atoms with van der Waals surface area (Å²) in [6, 6.07) is 7.37. The van der Waals surface area contributed by atoms with Crippen LogP contribution in [-0.2, 0) is 20.7 Å². The Morgan fingerprint density at radius 3 is 2.80 bits per heavy atom. The average Bonchev–Trinajstić information content (AvgIpc) is 2.26. The van der Waals surface area contributed by atoms with Crippen molar-refractivity contribution in [1.82, 2.24) is 0 Å². The lowest BCUT2D eigenvalue weighted by atomic mass is 9.90. The smallest absolute Gasteiger partial charge is 0.338 e. The topological polar surface area (TPSA) is 43.4 Å². The van der Waals surface area contributed by atoms with Crippen molar-refractivity contribution in [1.29, 1.82) is 0 Å². The molecule has 3 nitrogen and oxygen atoms in total. The number of ether oxygens (including phenoxy) is 1. The van der Waals surface area contributed by atoms with Crippen LogP contribution in [0.25, 0.3) is 5.57 Å². The molecule has 0 saturated heterocycles. The van der Waals surface area contributed by atoms with Crippen molar-refractivity contribution in [3.8, 4) is 0 Å². The van der Waals surface area contributed by atoms with Crippen LogP contribution in [0.4, 0.5) is 0 Å². The van der Waals surface area contributed by atoms with E-state index in [1.54, 1.807) is 0 Å². The maximum Gasteiger partial charge on any atom is 0.338 e. The van der Waals surface area contributed by atoms with Gasteiger partial charge in [0.1, 0.15) is 0 Å². The third-order valence-electron chi connectivity index (χ3n) is 2.38. The Kier molecular flexibility index (Phi) is 2.37. The Labute approximate surface area is 87.4 Å². The van der Waals surface area contributed by atoms with E-state index in [0.29, 0.717) is 12.0 Å². The van der Waals surface area contributed by atoms with Crippen LogP contribution in [0.2, 0.25) is 0 Å². The van der Waals surface area contributed by atoms with Crippen LogP contribution in [0.1, 0.15) is 11.1 Å². The summed E-state index contributed by atoms with van der Waals surface area (Å²) in [7, 11) is 1.31. The van der Waals surface area contributed by atoms with Crippen LogP contribution < -0.4 is 0 Å². The molecule has 1 aromatic rings. The molecule has 0 spiro atoms. The fourth-order valence-corrected chi connectivity index (χ4v) is 1.69. The first kappa shape index (κ1) is 9.65. The van der Waals surface area contributed by atoms with E-state index in [1.807, 2.05) is 24.3 Å². The minimum Gasteiger partial charge on any atom is -0.465 e. The monoisotopic (exact) mass is 202 g/mol. The molecule has 0 unspecified atom stereocenters. The minimum atomic E-state index is -0.462. The second kappa shape index (κ2) is 3.69. The first-order chi connectivity index (χ1) is 7.22. The molecule has 1 aliphatic rings. The maximum atomic E-state index is 11.4. The Balaban J connectivity index is 2.54. The molecular weight excluding hydrogens is 192 g/mol. The number of hydrogen-bond donors (Lipinski definition) is 0. The van der Waals surface area contributed by atoms with Gasteiger partial charge in [-0.15, -0.1) is 0 Å². The number of fused-ring (bicyclic) bond motifs is 1. The standard InChI is InChI=1S/C12H10O3/c1-15-12(14)11-7-9(13)6-8-4-2-3-5-10(8)11/h2-5,7H,6H2,1H3. The summed E-state index contributed by atoms with van der Waals surface area (Å²) in [4.78, 5) is 22.8. The van der Waals surface area contributed by atoms with Gasteiger partial charge in [0.2, 0.25) is 0 Å². The molecule has 0 heterocycles. The van der Waals surface area contributed by atoms with Crippen molar-refractivity contribution in [2.45, 2.75) is 6.42 Å². The van der Waals surface area contributed by atoms with E-state index in [4.69, 9.17) is 0 Å². The van der Waals surface area contributed by atoms with Gasteiger partial charge in [-0.25, -0.2) is 4.79 Å². The van der Waals surface area contributed by atoms with Gasteiger partial charge in [-0.2, -0.15) is 0 Å². The highest BCUT2D eigenvalue weighted by atomic mass is 16.5. The number of ketones is 1. The van der Waals surface area contributed by atoms with Crippen LogP contribution in [0.5, 0.6) is 0 Å². The van der Waals surface area contributed by atoms with Gasteiger partial charge in [0.05, 0.1) is 12.7 Å².